The van der Waals surface area contributed by atoms with E-state index in [-0.39, 0.29) is 23.9 Å². The van der Waals surface area contributed by atoms with Gasteiger partial charge < -0.3 is 10.2 Å². The van der Waals surface area contributed by atoms with Crippen molar-refractivity contribution in [2.75, 3.05) is 6.54 Å². The van der Waals surface area contributed by atoms with Crippen molar-refractivity contribution in [2.24, 2.45) is 5.73 Å². The van der Waals surface area contributed by atoms with E-state index in [9.17, 15) is 17.6 Å². The molecule has 0 aliphatic heterocycles. The van der Waals surface area contributed by atoms with Gasteiger partial charge in [-0.15, -0.1) is 10.2 Å². The quantitative estimate of drug-likeness (QED) is 0.873. The molecular weight excluding hydrogens is 266 g/mol. The number of hydrogen-bond donors (Lipinski definition) is 1. The van der Waals surface area contributed by atoms with Gasteiger partial charge in [0, 0.05) is 18.5 Å². The maximum absolute atomic E-state index is 13.1. The van der Waals surface area contributed by atoms with Gasteiger partial charge >= 0.3 is 6.18 Å². The van der Waals surface area contributed by atoms with E-state index in [1.54, 1.807) is 0 Å². The summed E-state index contributed by atoms with van der Waals surface area (Å²) >= 11 is 0. The first-order chi connectivity index (χ1) is 8.91. The van der Waals surface area contributed by atoms with Crippen LogP contribution in [0.2, 0.25) is 0 Å². The summed E-state index contributed by atoms with van der Waals surface area (Å²) in [4.78, 5) is 0. The Morgan fingerprint density at radius 1 is 1.21 bits per heavy atom. The van der Waals surface area contributed by atoms with Gasteiger partial charge in [-0.2, -0.15) is 13.2 Å². The monoisotopic (exact) mass is 275 g/mol. The number of halogens is 4. The minimum absolute atomic E-state index is 0.00416. The minimum atomic E-state index is -4.78. The molecular formula is C11H9F4N3O. The first-order valence-corrected chi connectivity index (χ1v) is 5.31. The van der Waals surface area contributed by atoms with E-state index in [2.05, 4.69) is 10.2 Å². The highest BCUT2D eigenvalue weighted by molar-refractivity contribution is 5.54. The first kappa shape index (κ1) is 13.5. The molecule has 19 heavy (non-hydrogen) atoms. The Morgan fingerprint density at radius 2 is 1.95 bits per heavy atom. The fourth-order valence-electron chi connectivity index (χ4n) is 1.47. The SMILES string of the molecule is NCCc1nnc(-c2ccc(F)c(C(F)(F)F)c2)o1. The Hall–Kier alpha value is -1.96. The van der Waals surface area contributed by atoms with Crippen LogP contribution in [-0.2, 0) is 12.6 Å². The zero-order chi connectivity index (χ0) is 14.0. The Kier molecular flexibility index (Phi) is 3.52. The molecule has 0 aliphatic carbocycles. The van der Waals surface area contributed by atoms with Crippen molar-refractivity contribution >= 4 is 0 Å². The lowest BCUT2D eigenvalue weighted by molar-refractivity contribution is -0.139. The van der Waals surface area contributed by atoms with Crippen LogP contribution < -0.4 is 5.73 Å². The van der Waals surface area contributed by atoms with Gasteiger partial charge in [0.15, 0.2) is 0 Å². The van der Waals surface area contributed by atoms with E-state index in [1.165, 1.54) is 0 Å². The third-order valence-electron chi connectivity index (χ3n) is 2.34. The second-order valence-electron chi connectivity index (χ2n) is 3.73. The van der Waals surface area contributed by atoms with Gasteiger partial charge in [-0.1, -0.05) is 0 Å². The highest BCUT2D eigenvalue weighted by Crippen LogP contribution is 2.33. The summed E-state index contributed by atoms with van der Waals surface area (Å²) in [6.07, 6.45) is -4.46. The first-order valence-electron chi connectivity index (χ1n) is 5.31. The molecule has 2 rings (SSSR count). The van der Waals surface area contributed by atoms with E-state index in [4.69, 9.17) is 10.2 Å². The van der Waals surface area contributed by atoms with Crippen molar-refractivity contribution in [1.82, 2.24) is 10.2 Å². The molecule has 0 aliphatic rings. The van der Waals surface area contributed by atoms with Gasteiger partial charge in [-0.25, -0.2) is 4.39 Å². The zero-order valence-corrected chi connectivity index (χ0v) is 9.54. The van der Waals surface area contributed by atoms with Crippen LogP contribution in [0.3, 0.4) is 0 Å². The van der Waals surface area contributed by atoms with Crippen molar-refractivity contribution in [3.05, 3.63) is 35.5 Å². The van der Waals surface area contributed by atoms with E-state index < -0.39 is 17.6 Å². The van der Waals surface area contributed by atoms with Gasteiger partial charge in [0.25, 0.3) is 0 Å². The summed E-state index contributed by atoms with van der Waals surface area (Å²) < 4.78 is 55.9. The molecule has 4 nitrogen and oxygen atoms in total. The maximum atomic E-state index is 13.1. The number of nitrogens with two attached hydrogens (primary N) is 1. The lowest BCUT2D eigenvalue weighted by Crippen LogP contribution is -2.08. The summed E-state index contributed by atoms with van der Waals surface area (Å²) in [5, 5.41) is 7.22. The molecule has 0 spiro atoms. The van der Waals surface area contributed by atoms with Crippen LogP contribution in [-0.4, -0.2) is 16.7 Å². The summed E-state index contributed by atoms with van der Waals surface area (Å²) in [6, 6.07) is 2.49. The standard InChI is InChI=1S/C11H9F4N3O/c12-8-2-1-6(5-7(8)11(13,14)15)10-18-17-9(19-10)3-4-16/h1-2,5H,3-4,16H2. The van der Waals surface area contributed by atoms with Crippen molar-refractivity contribution in [1.29, 1.82) is 0 Å². The highest BCUT2D eigenvalue weighted by atomic mass is 19.4. The average Bonchev–Trinajstić information content (AvgIpc) is 2.77. The van der Waals surface area contributed by atoms with Crippen LogP contribution >= 0.6 is 0 Å². The minimum Gasteiger partial charge on any atom is -0.421 e. The van der Waals surface area contributed by atoms with E-state index in [0.717, 1.165) is 6.07 Å². The topological polar surface area (TPSA) is 64.9 Å². The van der Waals surface area contributed by atoms with Crippen LogP contribution in [0.4, 0.5) is 17.6 Å². The van der Waals surface area contributed by atoms with Crippen molar-refractivity contribution in [3.63, 3.8) is 0 Å². The molecule has 102 valence electrons. The third kappa shape index (κ3) is 2.90. The molecule has 8 heteroatoms. The van der Waals surface area contributed by atoms with E-state index in [1.807, 2.05) is 0 Å². The van der Waals surface area contributed by atoms with E-state index >= 15 is 0 Å². The lowest BCUT2D eigenvalue weighted by atomic mass is 10.1. The number of alkyl halides is 3. The summed E-state index contributed by atoms with van der Waals surface area (Å²) in [6.45, 7) is 0.277. The predicted molar refractivity (Wildman–Crippen MR) is 57.5 cm³/mol. The Bertz CT molecular complexity index is 580. The summed E-state index contributed by atoms with van der Waals surface area (Å²) in [7, 11) is 0. The summed E-state index contributed by atoms with van der Waals surface area (Å²) in [5.41, 5.74) is 3.92. The Balaban J connectivity index is 2.39. The normalized spacial score (nSPS) is 11.8. The van der Waals surface area contributed by atoms with Gasteiger partial charge in [0.1, 0.15) is 5.82 Å². The van der Waals surface area contributed by atoms with Crippen LogP contribution in [0.5, 0.6) is 0 Å². The largest absolute Gasteiger partial charge is 0.421 e. The zero-order valence-electron chi connectivity index (χ0n) is 9.54. The molecule has 0 unspecified atom stereocenters. The average molecular weight is 275 g/mol. The predicted octanol–water partition coefficient (Wildman–Crippen LogP) is 2.40. The summed E-state index contributed by atoms with van der Waals surface area (Å²) in [5.74, 6) is -1.23. The lowest BCUT2D eigenvalue weighted by Gasteiger charge is -2.08. The number of benzene rings is 1. The van der Waals surface area contributed by atoms with Gasteiger partial charge in [-0.05, 0) is 18.2 Å². The van der Waals surface area contributed by atoms with Crippen molar-refractivity contribution in [2.45, 2.75) is 12.6 Å². The smallest absolute Gasteiger partial charge is 0.419 e. The molecule has 2 N–H and O–H groups in total. The number of hydrogen-bond acceptors (Lipinski definition) is 4. The molecule has 1 heterocycles. The number of nitrogens with zero attached hydrogens (tertiary/aromatic N) is 2. The van der Waals surface area contributed by atoms with Crippen LogP contribution in [0.25, 0.3) is 11.5 Å². The number of rotatable bonds is 3. The molecule has 0 bridgehead atoms. The van der Waals surface area contributed by atoms with Crippen molar-refractivity contribution in [3.8, 4) is 11.5 Å². The Labute approximate surface area is 105 Å². The molecule has 2 aromatic rings. The van der Waals surface area contributed by atoms with E-state index in [0.29, 0.717) is 18.6 Å². The van der Waals surface area contributed by atoms with Crippen molar-refractivity contribution < 1.29 is 22.0 Å². The van der Waals surface area contributed by atoms with Crippen LogP contribution in [0.1, 0.15) is 11.5 Å². The molecule has 1 aromatic heterocycles. The molecule has 0 saturated carbocycles. The molecule has 1 aromatic carbocycles. The fraction of sp³-hybridized carbons (Fsp3) is 0.273. The van der Waals surface area contributed by atoms with Gasteiger partial charge in [0.05, 0.1) is 5.56 Å². The number of aromatic nitrogens is 2. The Morgan fingerprint density at radius 3 is 2.58 bits per heavy atom. The molecule has 0 amide bonds. The second-order valence-corrected chi connectivity index (χ2v) is 3.73. The maximum Gasteiger partial charge on any atom is 0.419 e. The fourth-order valence-corrected chi connectivity index (χ4v) is 1.47. The molecule has 0 saturated heterocycles. The molecule has 0 atom stereocenters. The van der Waals surface area contributed by atoms with Crippen LogP contribution in [0, 0.1) is 5.82 Å². The third-order valence-corrected chi connectivity index (χ3v) is 2.34. The molecule has 0 radical (unpaired) electrons. The van der Waals surface area contributed by atoms with Crippen LogP contribution in [0.15, 0.2) is 22.6 Å². The van der Waals surface area contributed by atoms with Gasteiger partial charge in [-0.3, -0.25) is 0 Å². The molecule has 0 fully saturated rings. The second kappa shape index (κ2) is 4.96. The van der Waals surface area contributed by atoms with Gasteiger partial charge in [0.2, 0.25) is 11.8 Å². The highest BCUT2D eigenvalue weighted by Gasteiger charge is 2.34.